The van der Waals surface area contributed by atoms with Gasteiger partial charge in [0.25, 0.3) is 0 Å². The van der Waals surface area contributed by atoms with E-state index in [2.05, 4.69) is 20.8 Å². The van der Waals surface area contributed by atoms with E-state index in [0.717, 1.165) is 5.56 Å². The average Bonchev–Trinajstić information content (AvgIpc) is 2.89. The van der Waals surface area contributed by atoms with Gasteiger partial charge in [-0.05, 0) is 41.7 Å². The SMILES string of the molecule is Cc1cc(C(C)(C)C)ccc1OC(=O)CCn1c(=O)oc2ccccc21. The van der Waals surface area contributed by atoms with Gasteiger partial charge in [-0.15, -0.1) is 0 Å². The Morgan fingerprint density at radius 2 is 1.88 bits per heavy atom. The number of nitrogens with zero attached hydrogens (tertiary/aromatic N) is 1. The Morgan fingerprint density at radius 3 is 2.58 bits per heavy atom. The summed E-state index contributed by atoms with van der Waals surface area (Å²) < 4.78 is 12.1. The van der Waals surface area contributed by atoms with E-state index in [0.29, 0.717) is 16.8 Å². The number of hydrogen-bond acceptors (Lipinski definition) is 4. The zero-order chi connectivity index (χ0) is 18.9. The molecule has 3 rings (SSSR count). The number of oxazole rings is 1. The van der Waals surface area contributed by atoms with E-state index in [1.807, 2.05) is 31.2 Å². The average molecular weight is 353 g/mol. The van der Waals surface area contributed by atoms with Crippen LogP contribution in [0.4, 0.5) is 0 Å². The molecular formula is C21H23NO4. The summed E-state index contributed by atoms with van der Waals surface area (Å²) in [7, 11) is 0. The van der Waals surface area contributed by atoms with Gasteiger partial charge in [-0.2, -0.15) is 0 Å². The third-order valence-corrected chi connectivity index (χ3v) is 4.38. The summed E-state index contributed by atoms with van der Waals surface area (Å²) in [6, 6.07) is 13.0. The lowest BCUT2D eigenvalue weighted by molar-refractivity contribution is -0.134. The lowest BCUT2D eigenvalue weighted by atomic mass is 9.86. The van der Waals surface area contributed by atoms with Crippen LogP contribution in [0.2, 0.25) is 0 Å². The molecule has 0 unspecified atom stereocenters. The van der Waals surface area contributed by atoms with Gasteiger partial charge in [0.2, 0.25) is 0 Å². The molecule has 0 amide bonds. The normalized spacial score (nSPS) is 11.7. The number of carbonyl (C=O) groups excluding carboxylic acids is 1. The molecule has 0 bridgehead atoms. The summed E-state index contributed by atoms with van der Waals surface area (Å²) in [5.74, 6) is -0.300. The second-order valence-corrected chi connectivity index (χ2v) is 7.44. The standard InChI is InChI=1S/C21H23NO4/c1-14-13-15(21(2,3)4)9-10-17(14)25-19(23)11-12-22-16-7-5-6-8-18(16)26-20(22)24/h5-10,13H,11-12H2,1-4H3. The molecule has 1 heterocycles. The summed E-state index contributed by atoms with van der Waals surface area (Å²) in [5.41, 5.74) is 3.33. The summed E-state index contributed by atoms with van der Waals surface area (Å²) in [6.45, 7) is 8.56. The van der Waals surface area contributed by atoms with Crippen LogP contribution in [-0.4, -0.2) is 10.5 Å². The minimum absolute atomic E-state index is 0.0385. The van der Waals surface area contributed by atoms with Crippen LogP contribution < -0.4 is 10.5 Å². The van der Waals surface area contributed by atoms with Crippen molar-refractivity contribution in [2.24, 2.45) is 0 Å². The van der Waals surface area contributed by atoms with Crippen LogP contribution in [-0.2, 0) is 16.8 Å². The Labute approximate surface area is 152 Å². The van der Waals surface area contributed by atoms with Crippen LogP contribution in [0.25, 0.3) is 11.1 Å². The summed E-state index contributed by atoms with van der Waals surface area (Å²) in [4.78, 5) is 24.2. The predicted molar refractivity (Wildman–Crippen MR) is 101 cm³/mol. The van der Waals surface area contributed by atoms with Crippen molar-refractivity contribution in [3.8, 4) is 5.75 Å². The number of hydrogen-bond donors (Lipinski definition) is 0. The molecule has 0 saturated heterocycles. The molecule has 0 saturated carbocycles. The van der Waals surface area contributed by atoms with Gasteiger partial charge < -0.3 is 9.15 Å². The predicted octanol–water partition coefficient (Wildman–Crippen LogP) is 4.20. The molecule has 5 heteroatoms. The molecule has 0 aliphatic rings. The Balaban J connectivity index is 1.70. The maximum Gasteiger partial charge on any atom is 0.419 e. The van der Waals surface area contributed by atoms with Gasteiger partial charge in [-0.1, -0.05) is 45.0 Å². The van der Waals surface area contributed by atoms with E-state index >= 15 is 0 Å². The molecule has 0 aliphatic heterocycles. The van der Waals surface area contributed by atoms with Crippen molar-refractivity contribution in [2.75, 3.05) is 0 Å². The fraction of sp³-hybridized carbons (Fsp3) is 0.333. The summed E-state index contributed by atoms with van der Waals surface area (Å²) >= 11 is 0. The van der Waals surface area contributed by atoms with Crippen molar-refractivity contribution < 1.29 is 13.9 Å². The largest absolute Gasteiger partial charge is 0.426 e. The first-order valence-electron chi connectivity index (χ1n) is 8.66. The van der Waals surface area contributed by atoms with Crippen molar-refractivity contribution in [3.05, 3.63) is 64.1 Å². The third kappa shape index (κ3) is 3.72. The van der Waals surface area contributed by atoms with Crippen molar-refractivity contribution in [2.45, 2.75) is 46.1 Å². The van der Waals surface area contributed by atoms with E-state index in [-0.39, 0.29) is 24.3 Å². The Hall–Kier alpha value is -2.82. The zero-order valence-electron chi connectivity index (χ0n) is 15.5. The number of esters is 1. The van der Waals surface area contributed by atoms with Crippen LogP contribution in [0.3, 0.4) is 0 Å². The van der Waals surface area contributed by atoms with Crippen LogP contribution in [0.5, 0.6) is 5.75 Å². The quantitative estimate of drug-likeness (QED) is 0.521. The van der Waals surface area contributed by atoms with Gasteiger partial charge in [-0.25, -0.2) is 4.79 Å². The highest BCUT2D eigenvalue weighted by Gasteiger charge is 2.16. The number of aryl methyl sites for hydroxylation is 2. The minimum Gasteiger partial charge on any atom is -0.426 e. The number of carbonyl (C=O) groups is 1. The molecule has 0 spiro atoms. The maximum absolute atomic E-state index is 12.2. The summed E-state index contributed by atoms with van der Waals surface area (Å²) in [6.07, 6.45) is 0.0872. The first kappa shape index (κ1) is 18.0. The summed E-state index contributed by atoms with van der Waals surface area (Å²) in [5, 5.41) is 0. The molecule has 2 aromatic carbocycles. The van der Waals surface area contributed by atoms with Crippen molar-refractivity contribution in [1.29, 1.82) is 0 Å². The van der Waals surface area contributed by atoms with E-state index in [4.69, 9.17) is 9.15 Å². The molecule has 0 radical (unpaired) electrons. The number of fused-ring (bicyclic) bond motifs is 1. The maximum atomic E-state index is 12.2. The Morgan fingerprint density at radius 1 is 1.15 bits per heavy atom. The van der Waals surface area contributed by atoms with E-state index in [9.17, 15) is 9.59 Å². The van der Waals surface area contributed by atoms with Crippen LogP contribution in [0.1, 0.15) is 38.3 Å². The molecule has 26 heavy (non-hydrogen) atoms. The van der Waals surface area contributed by atoms with Gasteiger partial charge in [-0.3, -0.25) is 9.36 Å². The monoisotopic (exact) mass is 353 g/mol. The van der Waals surface area contributed by atoms with Crippen molar-refractivity contribution in [3.63, 3.8) is 0 Å². The molecule has 3 aromatic rings. The van der Waals surface area contributed by atoms with Crippen LogP contribution in [0.15, 0.2) is 51.7 Å². The molecule has 1 aromatic heterocycles. The number of para-hydroxylation sites is 2. The molecule has 0 fully saturated rings. The lowest BCUT2D eigenvalue weighted by Crippen LogP contribution is -2.19. The van der Waals surface area contributed by atoms with Crippen LogP contribution >= 0.6 is 0 Å². The highest BCUT2D eigenvalue weighted by molar-refractivity contribution is 5.74. The smallest absolute Gasteiger partial charge is 0.419 e. The van der Waals surface area contributed by atoms with Crippen LogP contribution in [0, 0.1) is 6.92 Å². The minimum atomic E-state index is -0.468. The zero-order valence-corrected chi connectivity index (χ0v) is 15.5. The van der Waals surface area contributed by atoms with Gasteiger partial charge in [0, 0.05) is 6.54 Å². The molecular weight excluding hydrogens is 330 g/mol. The molecule has 5 nitrogen and oxygen atoms in total. The second kappa shape index (κ2) is 6.83. The Kier molecular flexibility index (Phi) is 4.72. The number of ether oxygens (including phenoxy) is 1. The first-order chi connectivity index (χ1) is 12.3. The molecule has 136 valence electrons. The number of rotatable bonds is 4. The first-order valence-corrected chi connectivity index (χ1v) is 8.66. The van der Waals surface area contributed by atoms with Gasteiger partial charge in [0.1, 0.15) is 5.75 Å². The molecule has 0 aliphatic carbocycles. The van der Waals surface area contributed by atoms with E-state index in [1.165, 1.54) is 10.1 Å². The fourth-order valence-electron chi connectivity index (χ4n) is 2.83. The molecule has 0 atom stereocenters. The van der Waals surface area contributed by atoms with Crippen molar-refractivity contribution in [1.82, 2.24) is 4.57 Å². The van der Waals surface area contributed by atoms with E-state index in [1.54, 1.807) is 18.2 Å². The third-order valence-electron chi connectivity index (χ3n) is 4.38. The van der Waals surface area contributed by atoms with Gasteiger partial charge in [0.05, 0.1) is 11.9 Å². The molecule has 0 N–H and O–H groups in total. The lowest BCUT2D eigenvalue weighted by Gasteiger charge is -2.20. The highest BCUT2D eigenvalue weighted by atomic mass is 16.5. The highest BCUT2D eigenvalue weighted by Crippen LogP contribution is 2.27. The Bertz CT molecular complexity index is 1000. The number of aromatic nitrogens is 1. The second-order valence-electron chi connectivity index (χ2n) is 7.44. The topological polar surface area (TPSA) is 61.4 Å². The fourth-order valence-corrected chi connectivity index (χ4v) is 2.83. The van der Waals surface area contributed by atoms with Crippen molar-refractivity contribution >= 4 is 17.1 Å². The van der Waals surface area contributed by atoms with Gasteiger partial charge in [0.15, 0.2) is 5.58 Å². The van der Waals surface area contributed by atoms with E-state index < -0.39 is 5.76 Å². The van der Waals surface area contributed by atoms with Gasteiger partial charge >= 0.3 is 11.7 Å². The number of benzene rings is 2.